The largest absolute Gasteiger partial charge is 0.463 e. The van der Waals surface area contributed by atoms with Crippen LogP contribution in [0.4, 0.5) is 0 Å². The third kappa shape index (κ3) is 14.7. The van der Waals surface area contributed by atoms with Crippen molar-refractivity contribution in [3.05, 3.63) is 12.2 Å². The van der Waals surface area contributed by atoms with Gasteiger partial charge in [0, 0.05) is 6.08 Å². The zero-order chi connectivity index (χ0) is 14.9. The third-order valence-corrected chi connectivity index (χ3v) is 3.03. The van der Waals surface area contributed by atoms with E-state index in [1.165, 1.54) is 38.2 Å². The molecule has 0 amide bonds. The summed E-state index contributed by atoms with van der Waals surface area (Å²) < 4.78 is 5.01. The quantitative estimate of drug-likeness (QED) is 0.169. The van der Waals surface area contributed by atoms with Crippen LogP contribution in [-0.2, 0) is 14.3 Å². The summed E-state index contributed by atoms with van der Waals surface area (Å²) in [5, 5.41) is 0. The van der Waals surface area contributed by atoms with Gasteiger partial charge < -0.3 is 4.74 Å². The molecule has 0 aromatic heterocycles. The first-order valence-corrected chi connectivity index (χ1v) is 7.64. The number of ether oxygens (including phenoxy) is 1. The molecule has 0 saturated carbocycles. The van der Waals surface area contributed by atoms with E-state index in [0.29, 0.717) is 13.2 Å². The molecule has 0 bridgehead atoms. The molecule has 4 nitrogen and oxygen atoms in total. The van der Waals surface area contributed by atoms with E-state index in [1.54, 1.807) is 19.1 Å². The topological polar surface area (TPSA) is 55.7 Å². The van der Waals surface area contributed by atoms with Gasteiger partial charge in [-0.2, -0.15) is 0 Å². The Bertz CT molecular complexity index is 307. The van der Waals surface area contributed by atoms with Crippen LogP contribution in [0.2, 0.25) is 0 Å². The van der Waals surface area contributed by atoms with Crippen molar-refractivity contribution in [2.24, 2.45) is 4.99 Å². The van der Waals surface area contributed by atoms with E-state index < -0.39 is 0 Å². The minimum atomic E-state index is -0.244. The number of nitrogens with zero attached hydrogens (tertiary/aromatic N) is 1. The predicted octanol–water partition coefficient (Wildman–Crippen LogP) is 3.95. The van der Waals surface area contributed by atoms with Crippen molar-refractivity contribution in [2.75, 3.05) is 13.2 Å². The van der Waals surface area contributed by atoms with Crippen LogP contribution in [0.1, 0.15) is 64.7 Å². The molecule has 0 aliphatic carbocycles. The second-order valence-electron chi connectivity index (χ2n) is 4.82. The Morgan fingerprint density at radius 2 is 1.55 bits per heavy atom. The Balaban J connectivity index is 3.09. The summed E-state index contributed by atoms with van der Waals surface area (Å²) in [5.74, 6) is -0.244. The minimum Gasteiger partial charge on any atom is -0.463 e. The van der Waals surface area contributed by atoms with Crippen molar-refractivity contribution < 1.29 is 14.3 Å². The lowest BCUT2D eigenvalue weighted by Crippen LogP contribution is -2.01. The van der Waals surface area contributed by atoms with Gasteiger partial charge in [0.1, 0.15) is 0 Å². The number of carbonyl (C=O) groups is 1. The molecular formula is C16H27NO3. The molecule has 114 valence electrons. The van der Waals surface area contributed by atoms with Crippen LogP contribution in [-0.4, -0.2) is 25.2 Å². The summed E-state index contributed by atoms with van der Waals surface area (Å²) in [4.78, 5) is 24.4. The fourth-order valence-electron chi connectivity index (χ4n) is 1.93. The zero-order valence-corrected chi connectivity index (χ0v) is 12.6. The van der Waals surface area contributed by atoms with Crippen LogP contribution in [0.15, 0.2) is 17.1 Å². The first kappa shape index (κ1) is 18.6. The summed E-state index contributed by atoms with van der Waals surface area (Å²) in [6, 6.07) is 0. The molecule has 0 heterocycles. The van der Waals surface area contributed by atoms with Gasteiger partial charge in [-0.1, -0.05) is 51.0 Å². The van der Waals surface area contributed by atoms with E-state index in [2.05, 4.69) is 4.99 Å². The number of esters is 1. The molecule has 0 aliphatic rings. The van der Waals surface area contributed by atoms with Crippen molar-refractivity contribution in [1.82, 2.24) is 0 Å². The predicted molar refractivity (Wildman–Crippen MR) is 80.3 cm³/mol. The number of hydrogen-bond acceptors (Lipinski definition) is 4. The molecule has 0 unspecified atom stereocenters. The molecule has 0 rings (SSSR count). The van der Waals surface area contributed by atoms with Gasteiger partial charge in [0.15, 0.2) is 0 Å². The monoisotopic (exact) mass is 281 g/mol. The zero-order valence-electron chi connectivity index (χ0n) is 12.6. The summed E-state index contributed by atoms with van der Waals surface area (Å²) >= 11 is 0. The number of unbranched alkanes of at least 4 members (excludes halogenated alkanes) is 8. The van der Waals surface area contributed by atoms with Crippen LogP contribution in [0.3, 0.4) is 0 Å². The molecule has 0 fully saturated rings. The molecule has 0 aromatic rings. The average Bonchev–Trinajstić information content (AvgIpc) is 2.44. The SMILES string of the molecule is CC=CC(=O)OCCCCCCCCCCCN=C=O. The van der Waals surface area contributed by atoms with Crippen LogP contribution in [0.5, 0.6) is 0 Å². The van der Waals surface area contributed by atoms with Gasteiger partial charge in [-0.15, -0.1) is 0 Å². The van der Waals surface area contributed by atoms with Gasteiger partial charge in [-0.05, 0) is 19.8 Å². The second-order valence-corrected chi connectivity index (χ2v) is 4.82. The molecule has 4 heteroatoms. The number of carbonyl (C=O) groups excluding carboxylic acids is 2. The van der Waals surface area contributed by atoms with Crippen LogP contribution in [0.25, 0.3) is 0 Å². The van der Waals surface area contributed by atoms with E-state index in [-0.39, 0.29) is 5.97 Å². The highest BCUT2D eigenvalue weighted by atomic mass is 16.5. The van der Waals surface area contributed by atoms with Gasteiger partial charge in [0.2, 0.25) is 6.08 Å². The maximum atomic E-state index is 11.0. The van der Waals surface area contributed by atoms with Gasteiger partial charge >= 0.3 is 5.97 Å². The van der Waals surface area contributed by atoms with Crippen molar-refractivity contribution in [1.29, 1.82) is 0 Å². The lowest BCUT2D eigenvalue weighted by molar-refractivity contribution is -0.137. The summed E-state index contributed by atoms with van der Waals surface area (Å²) in [6.45, 7) is 2.95. The van der Waals surface area contributed by atoms with E-state index in [0.717, 1.165) is 25.7 Å². The van der Waals surface area contributed by atoms with Crippen molar-refractivity contribution in [3.63, 3.8) is 0 Å². The number of isocyanates is 1. The fraction of sp³-hybridized carbons (Fsp3) is 0.750. The molecule has 0 aliphatic heterocycles. The fourth-order valence-corrected chi connectivity index (χ4v) is 1.93. The Morgan fingerprint density at radius 3 is 2.10 bits per heavy atom. The van der Waals surface area contributed by atoms with Crippen molar-refractivity contribution in [2.45, 2.75) is 64.7 Å². The lowest BCUT2D eigenvalue weighted by atomic mass is 10.1. The molecule has 0 N–H and O–H groups in total. The highest BCUT2D eigenvalue weighted by Crippen LogP contribution is 2.09. The number of rotatable bonds is 13. The summed E-state index contributed by atoms with van der Waals surface area (Å²) in [6.07, 6.45) is 15.1. The average molecular weight is 281 g/mol. The standard InChI is InChI=1S/C16H27NO3/c1-2-12-16(19)20-14-11-9-7-5-3-4-6-8-10-13-17-15-18/h2,12H,3-11,13-14H2,1H3. The normalized spacial score (nSPS) is 10.4. The Labute approximate surface area is 122 Å². The molecule has 0 aromatic carbocycles. The van der Waals surface area contributed by atoms with Gasteiger partial charge in [0.05, 0.1) is 13.2 Å². The number of aliphatic imine (C=N–C) groups is 1. The van der Waals surface area contributed by atoms with E-state index in [9.17, 15) is 9.59 Å². The smallest absolute Gasteiger partial charge is 0.330 e. The van der Waals surface area contributed by atoms with Crippen LogP contribution < -0.4 is 0 Å². The van der Waals surface area contributed by atoms with Crippen molar-refractivity contribution in [3.8, 4) is 0 Å². The van der Waals surface area contributed by atoms with Crippen molar-refractivity contribution >= 4 is 12.0 Å². The molecule has 20 heavy (non-hydrogen) atoms. The first-order chi connectivity index (χ1) is 9.81. The Morgan fingerprint density at radius 1 is 1.00 bits per heavy atom. The second kappa shape index (κ2) is 15.6. The van der Waals surface area contributed by atoms with E-state index >= 15 is 0 Å². The van der Waals surface area contributed by atoms with Crippen LogP contribution >= 0.6 is 0 Å². The number of hydrogen-bond donors (Lipinski definition) is 0. The molecular weight excluding hydrogens is 254 g/mol. The highest BCUT2D eigenvalue weighted by Gasteiger charge is 1.96. The summed E-state index contributed by atoms with van der Waals surface area (Å²) in [5.41, 5.74) is 0. The Hall–Kier alpha value is -1.41. The van der Waals surface area contributed by atoms with Gasteiger partial charge in [0.25, 0.3) is 0 Å². The summed E-state index contributed by atoms with van der Waals surface area (Å²) in [7, 11) is 0. The van der Waals surface area contributed by atoms with Crippen LogP contribution in [0, 0.1) is 0 Å². The molecule has 0 radical (unpaired) electrons. The Kier molecular flexibility index (Phi) is 14.5. The lowest BCUT2D eigenvalue weighted by Gasteiger charge is -2.03. The molecule has 0 saturated heterocycles. The van der Waals surface area contributed by atoms with E-state index in [1.807, 2.05) is 0 Å². The molecule has 0 spiro atoms. The maximum Gasteiger partial charge on any atom is 0.330 e. The highest BCUT2D eigenvalue weighted by molar-refractivity contribution is 5.81. The maximum absolute atomic E-state index is 11.0. The number of allylic oxidation sites excluding steroid dienone is 1. The minimum absolute atomic E-state index is 0.244. The third-order valence-electron chi connectivity index (χ3n) is 3.03. The van der Waals surface area contributed by atoms with E-state index in [4.69, 9.17) is 4.74 Å². The van der Waals surface area contributed by atoms with Gasteiger partial charge in [-0.3, -0.25) is 0 Å². The van der Waals surface area contributed by atoms with Gasteiger partial charge in [-0.25, -0.2) is 14.6 Å². The first-order valence-electron chi connectivity index (χ1n) is 7.64. The molecule has 0 atom stereocenters.